The number of rotatable bonds is 4. The Kier molecular flexibility index (Phi) is 5.20. The number of carbonyl (C=O) groups is 2. The highest BCUT2D eigenvalue weighted by Crippen LogP contribution is 2.22. The van der Waals surface area contributed by atoms with Crippen molar-refractivity contribution >= 4 is 17.5 Å². The van der Waals surface area contributed by atoms with Gasteiger partial charge in [0.15, 0.2) is 0 Å². The summed E-state index contributed by atoms with van der Waals surface area (Å²) in [6.07, 6.45) is 4.25. The molecule has 0 spiro atoms. The maximum atomic E-state index is 12.6. The quantitative estimate of drug-likeness (QED) is 0.736. The molecule has 7 heteroatoms. The van der Waals surface area contributed by atoms with Crippen LogP contribution in [-0.4, -0.2) is 39.6 Å². The summed E-state index contributed by atoms with van der Waals surface area (Å²) in [7, 11) is 0. The van der Waals surface area contributed by atoms with Gasteiger partial charge >= 0.3 is 0 Å². The number of nitrogens with one attached hydrogen (secondary N) is 1. The highest BCUT2D eigenvalue weighted by atomic mass is 16.3. The third-order valence-corrected chi connectivity index (χ3v) is 5.31. The Morgan fingerprint density at radius 2 is 1.83 bits per heavy atom. The molecule has 1 saturated heterocycles. The van der Waals surface area contributed by atoms with Gasteiger partial charge in [-0.15, -0.1) is 0 Å². The minimum absolute atomic E-state index is 0.000672. The molecule has 0 saturated carbocycles. The number of furan rings is 1. The van der Waals surface area contributed by atoms with Crippen molar-refractivity contribution in [2.75, 3.05) is 18.4 Å². The molecule has 7 nitrogen and oxygen atoms in total. The number of nitrogens with zero attached hydrogens (tertiary/aromatic N) is 3. The molecule has 29 heavy (non-hydrogen) atoms. The molecule has 4 rings (SSSR count). The molecule has 0 radical (unpaired) electrons. The molecule has 0 atom stereocenters. The number of piperidine rings is 1. The Labute approximate surface area is 169 Å². The van der Waals surface area contributed by atoms with Crippen molar-refractivity contribution in [3.05, 3.63) is 65.9 Å². The molecule has 1 aromatic carbocycles. The van der Waals surface area contributed by atoms with E-state index in [1.165, 1.54) is 12.5 Å². The van der Waals surface area contributed by atoms with E-state index in [1.54, 1.807) is 11.0 Å². The van der Waals surface area contributed by atoms with Crippen molar-refractivity contribution in [1.29, 1.82) is 0 Å². The number of aryl methyl sites for hydroxylation is 2. The Morgan fingerprint density at radius 1 is 1.10 bits per heavy atom. The number of benzene rings is 1. The summed E-state index contributed by atoms with van der Waals surface area (Å²) < 4.78 is 6.86. The van der Waals surface area contributed by atoms with Gasteiger partial charge in [0, 0.05) is 30.4 Å². The normalized spacial score (nSPS) is 14.8. The van der Waals surface area contributed by atoms with Crippen LogP contribution in [-0.2, 0) is 4.79 Å². The monoisotopic (exact) mass is 392 g/mol. The van der Waals surface area contributed by atoms with E-state index < -0.39 is 0 Å². The fraction of sp³-hybridized carbons (Fsp3) is 0.318. The van der Waals surface area contributed by atoms with Crippen molar-refractivity contribution in [2.24, 2.45) is 5.92 Å². The lowest BCUT2D eigenvalue weighted by Gasteiger charge is -2.31. The summed E-state index contributed by atoms with van der Waals surface area (Å²) in [5.74, 6) is -0.143. The fourth-order valence-corrected chi connectivity index (χ4v) is 3.73. The molecule has 1 aliphatic rings. The van der Waals surface area contributed by atoms with Gasteiger partial charge in [0.25, 0.3) is 5.91 Å². The smallest absolute Gasteiger partial charge is 0.257 e. The van der Waals surface area contributed by atoms with E-state index >= 15 is 0 Å². The van der Waals surface area contributed by atoms with Gasteiger partial charge in [-0.2, -0.15) is 5.10 Å². The minimum Gasteiger partial charge on any atom is -0.472 e. The predicted octanol–water partition coefficient (Wildman–Crippen LogP) is 3.57. The van der Waals surface area contributed by atoms with E-state index in [2.05, 4.69) is 10.4 Å². The summed E-state index contributed by atoms with van der Waals surface area (Å²) in [5, 5.41) is 7.47. The van der Waals surface area contributed by atoms with Gasteiger partial charge in [-0.05, 0) is 63.1 Å². The van der Waals surface area contributed by atoms with Crippen LogP contribution in [0.1, 0.15) is 34.6 Å². The minimum atomic E-state index is -0.0981. The molecule has 1 aliphatic heterocycles. The first-order valence-corrected chi connectivity index (χ1v) is 9.77. The van der Waals surface area contributed by atoms with E-state index in [0.717, 1.165) is 22.8 Å². The number of amides is 2. The van der Waals surface area contributed by atoms with Crippen LogP contribution in [0.2, 0.25) is 0 Å². The van der Waals surface area contributed by atoms with E-state index in [-0.39, 0.29) is 17.7 Å². The standard InChI is InChI=1S/C22H24N4O3/c1-15-13-16(2)26(24-15)20-5-3-19(4-6-20)23-21(27)17-7-10-25(11-8-17)22(28)18-9-12-29-14-18/h3-6,9,12-14,17H,7-8,10-11H2,1-2H3,(H,23,27). The Morgan fingerprint density at radius 3 is 2.41 bits per heavy atom. The molecular formula is C22H24N4O3. The fourth-order valence-electron chi connectivity index (χ4n) is 3.73. The van der Waals surface area contributed by atoms with Gasteiger partial charge in [0.1, 0.15) is 6.26 Å². The number of hydrogen-bond acceptors (Lipinski definition) is 4. The third-order valence-electron chi connectivity index (χ3n) is 5.31. The molecule has 1 N–H and O–H groups in total. The van der Waals surface area contributed by atoms with Crippen LogP contribution >= 0.6 is 0 Å². The molecular weight excluding hydrogens is 368 g/mol. The van der Waals surface area contributed by atoms with Gasteiger partial charge in [0.2, 0.25) is 5.91 Å². The highest BCUT2D eigenvalue weighted by Gasteiger charge is 2.28. The van der Waals surface area contributed by atoms with Crippen LogP contribution in [0, 0.1) is 19.8 Å². The lowest BCUT2D eigenvalue weighted by atomic mass is 9.95. The number of aromatic nitrogens is 2. The van der Waals surface area contributed by atoms with Gasteiger partial charge in [0.05, 0.1) is 23.2 Å². The zero-order valence-electron chi connectivity index (χ0n) is 16.6. The number of likely N-dealkylation sites (tertiary alicyclic amines) is 1. The Balaban J connectivity index is 1.33. The molecule has 0 bridgehead atoms. The molecule has 3 heterocycles. The second-order valence-corrected chi connectivity index (χ2v) is 7.45. The molecule has 150 valence electrons. The van der Waals surface area contributed by atoms with E-state index in [9.17, 15) is 9.59 Å². The summed E-state index contributed by atoms with van der Waals surface area (Å²) in [4.78, 5) is 26.8. The van der Waals surface area contributed by atoms with Crippen molar-refractivity contribution in [3.8, 4) is 5.69 Å². The second kappa shape index (κ2) is 7.95. The maximum Gasteiger partial charge on any atom is 0.257 e. The molecule has 0 unspecified atom stereocenters. The highest BCUT2D eigenvalue weighted by molar-refractivity contribution is 5.95. The number of anilines is 1. The average molecular weight is 392 g/mol. The Bertz CT molecular complexity index is 997. The number of carbonyl (C=O) groups excluding carboxylic acids is 2. The van der Waals surface area contributed by atoms with Crippen LogP contribution < -0.4 is 5.32 Å². The lowest BCUT2D eigenvalue weighted by molar-refractivity contribution is -0.121. The molecule has 0 aliphatic carbocycles. The average Bonchev–Trinajstić information content (AvgIpc) is 3.38. The predicted molar refractivity (Wildman–Crippen MR) is 109 cm³/mol. The van der Waals surface area contributed by atoms with Crippen LogP contribution in [0.4, 0.5) is 5.69 Å². The van der Waals surface area contributed by atoms with Crippen molar-refractivity contribution in [2.45, 2.75) is 26.7 Å². The zero-order chi connectivity index (χ0) is 20.4. The van der Waals surface area contributed by atoms with Gasteiger partial charge in [-0.1, -0.05) is 0 Å². The van der Waals surface area contributed by atoms with Crippen LogP contribution in [0.25, 0.3) is 5.69 Å². The SMILES string of the molecule is Cc1cc(C)n(-c2ccc(NC(=O)C3CCN(C(=O)c4ccoc4)CC3)cc2)n1. The first-order valence-electron chi connectivity index (χ1n) is 9.77. The summed E-state index contributed by atoms with van der Waals surface area (Å²) >= 11 is 0. The first-order chi connectivity index (χ1) is 14.0. The maximum absolute atomic E-state index is 12.6. The van der Waals surface area contributed by atoms with E-state index in [0.29, 0.717) is 31.5 Å². The van der Waals surface area contributed by atoms with E-state index in [4.69, 9.17) is 4.42 Å². The van der Waals surface area contributed by atoms with Gasteiger partial charge in [-0.25, -0.2) is 4.68 Å². The summed E-state index contributed by atoms with van der Waals surface area (Å²) in [6.45, 7) is 5.11. The second-order valence-electron chi connectivity index (χ2n) is 7.45. The van der Waals surface area contributed by atoms with Gasteiger partial charge in [-0.3, -0.25) is 9.59 Å². The summed E-state index contributed by atoms with van der Waals surface area (Å²) in [5.41, 5.74) is 4.31. The first kappa shape index (κ1) is 19.0. The number of hydrogen-bond donors (Lipinski definition) is 1. The van der Waals surface area contributed by atoms with Crippen molar-refractivity contribution < 1.29 is 14.0 Å². The van der Waals surface area contributed by atoms with Crippen molar-refractivity contribution in [3.63, 3.8) is 0 Å². The molecule has 3 aromatic rings. The molecule has 2 aromatic heterocycles. The third kappa shape index (κ3) is 4.08. The molecule has 1 fully saturated rings. The van der Waals surface area contributed by atoms with Crippen LogP contribution in [0.15, 0.2) is 53.3 Å². The van der Waals surface area contributed by atoms with Crippen LogP contribution in [0.5, 0.6) is 0 Å². The molecule has 2 amide bonds. The van der Waals surface area contributed by atoms with E-state index in [1.807, 2.05) is 48.9 Å². The van der Waals surface area contributed by atoms with Gasteiger partial charge < -0.3 is 14.6 Å². The summed E-state index contributed by atoms with van der Waals surface area (Å²) in [6, 6.07) is 11.4. The lowest BCUT2D eigenvalue weighted by Crippen LogP contribution is -2.41. The van der Waals surface area contributed by atoms with Crippen LogP contribution in [0.3, 0.4) is 0 Å². The largest absolute Gasteiger partial charge is 0.472 e. The zero-order valence-corrected chi connectivity index (χ0v) is 16.6. The topological polar surface area (TPSA) is 80.4 Å². The van der Waals surface area contributed by atoms with Crippen molar-refractivity contribution in [1.82, 2.24) is 14.7 Å². The Hall–Kier alpha value is -3.35.